The number of nitrogens with one attached hydrogen (secondary N) is 1. The van der Waals surface area contributed by atoms with E-state index in [0.29, 0.717) is 12.2 Å². The van der Waals surface area contributed by atoms with Crippen molar-refractivity contribution in [1.82, 2.24) is 5.32 Å². The molecule has 136 valence electrons. The standard InChI is InChI=1S/C21H23NO4/c1-15(21(24)22-18-11-12-18)26-20(23)14-25-19-10-6-5-9-17(19)13-16-7-3-2-4-8-16/h2-10,15,18H,11-14H2,1H3,(H,22,24)/t15-/m1/s1. The summed E-state index contributed by atoms with van der Waals surface area (Å²) in [6.45, 7) is 1.34. The maximum atomic E-state index is 12.0. The molecule has 0 saturated heterocycles. The van der Waals surface area contributed by atoms with E-state index in [9.17, 15) is 9.59 Å². The van der Waals surface area contributed by atoms with Gasteiger partial charge in [-0.3, -0.25) is 4.79 Å². The zero-order chi connectivity index (χ0) is 18.4. The van der Waals surface area contributed by atoms with Gasteiger partial charge in [0.15, 0.2) is 12.7 Å². The molecule has 1 amide bonds. The van der Waals surface area contributed by atoms with Crippen LogP contribution in [0.5, 0.6) is 5.75 Å². The van der Waals surface area contributed by atoms with E-state index in [1.165, 1.54) is 0 Å². The van der Waals surface area contributed by atoms with E-state index in [1.54, 1.807) is 6.92 Å². The van der Waals surface area contributed by atoms with Gasteiger partial charge in [0.25, 0.3) is 5.91 Å². The lowest BCUT2D eigenvalue weighted by Crippen LogP contribution is -2.37. The highest BCUT2D eigenvalue weighted by Crippen LogP contribution is 2.21. The van der Waals surface area contributed by atoms with E-state index < -0.39 is 12.1 Å². The monoisotopic (exact) mass is 353 g/mol. The third kappa shape index (κ3) is 5.34. The van der Waals surface area contributed by atoms with Crippen LogP contribution in [0.25, 0.3) is 0 Å². The Morgan fingerprint density at radius 3 is 2.50 bits per heavy atom. The second kappa shape index (κ2) is 8.52. The topological polar surface area (TPSA) is 64.6 Å². The summed E-state index contributed by atoms with van der Waals surface area (Å²) in [5.74, 6) is -0.174. The first-order valence-electron chi connectivity index (χ1n) is 8.86. The van der Waals surface area contributed by atoms with Crippen LogP contribution in [-0.4, -0.2) is 30.6 Å². The summed E-state index contributed by atoms with van der Waals surface area (Å²) in [6, 6.07) is 17.9. The number of benzene rings is 2. The average Bonchev–Trinajstić information content (AvgIpc) is 3.46. The van der Waals surface area contributed by atoms with Crippen LogP contribution in [0.4, 0.5) is 0 Å². The molecule has 26 heavy (non-hydrogen) atoms. The highest BCUT2D eigenvalue weighted by molar-refractivity contribution is 5.84. The highest BCUT2D eigenvalue weighted by Gasteiger charge is 2.27. The van der Waals surface area contributed by atoms with Crippen LogP contribution in [0.3, 0.4) is 0 Å². The lowest BCUT2D eigenvalue weighted by atomic mass is 10.0. The lowest BCUT2D eigenvalue weighted by Gasteiger charge is -2.14. The van der Waals surface area contributed by atoms with E-state index >= 15 is 0 Å². The first kappa shape index (κ1) is 18.0. The number of rotatable bonds is 8. The summed E-state index contributed by atoms with van der Waals surface area (Å²) in [6.07, 6.45) is 1.89. The lowest BCUT2D eigenvalue weighted by molar-refractivity contribution is -0.156. The normalized spacial score (nSPS) is 14.3. The van der Waals surface area contributed by atoms with Gasteiger partial charge < -0.3 is 14.8 Å². The molecule has 0 spiro atoms. The van der Waals surface area contributed by atoms with Crippen molar-refractivity contribution < 1.29 is 19.1 Å². The second-order valence-corrected chi connectivity index (χ2v) is 6.47. The smallest absolute Gasteiger partial charge is 0.344 e. The van der Waals surface area contributed by atoms with E-state index in [0.717, 1.165) is 24.0 Å². The average molecular weight is 353 g/mol. The van der Waals surface area contributed by atoms with Crippen molar-refractivity contribution in [3.8, 4) is 5.75 Å². The number of para-hydroxylation sites is 1. The van der Waals surface area contributed by atoms with Crippen LogP contribution in [0, 0.1) is 0 Å². The van der Waals surface area contributed by atoms with Crippen LogP contribution >= 0.6 is 0 Å². The fourth-order valence-electron chi connectivity index (χ4n) is 2.57. The van der Waals surface area contributed by atoms with Crippen molar-refractivity contribution in [2.24, 2.45) is 0 Å². The minimum atomic E-state index is -0.814. The van der Waals surface area contributed by atoms with Crippen LogP contribution in [0.1, 0.15) is 30.9 Å². The molecule has 1 saturated carbocycles. The first-order chi connectivity index (χ1) is 12.6. The predicted octanol–water partition coefficient (Wildman–Crippen LogP) is 2.87. The van der Waals surface area contributed by atoms with Crippen molar-refractivity contribution in [3.63, 3.8) is 0 Å². The Labute approximate surface area is 153 Å². The zero-order valence-electron chi connectivity index (χ0n) is 14.8. The van der Waals surface area contributed by atoms with Gasteiger partial charge in [0.1, 0.15) is 5.75 Å². The third-order valence-electron chi connectivity index (χ3n) is 4.16. The Bertz CT molecular complexity index is 756. The number of hydrogen-bond donors (Lipinski definition) is 1. The van der Waals surface area contributed by atoms with Gasteiger partial charge in [-0.1, -0.05) is 48.5 Å². The summed E-state index contributed by atoms with van der Waals surface area (Å²) in [5, 5.41) is 2.81. The van der Waals surface area contributed by atoms with E-state index in [-0.39, 0.29) is 18.6 Å². The predicted molar refractivity (Wildman–Crippen MR) is 97.9 cm³/mol. The second-order valence-electron chi connectivity index (χ2n) is 6.47. The number of carbonyl (C=O) groups is 2. The molecule has 1 atom stereocenters. The molecule has 0 unspecified atom stereocenters. The Morgan fingerprint density at radius 1 is 1.08 bits per heavy atom. The Kier molecular flexibility index (Phi) is 5.89. The van der Waals surface area contributed by atoms with Crippen molar-refractivity contribution >= 4 is 11.9 Å². The summed E-state index contributed by atoms with van der Waals surface area (Å²) in [7, 11) is 0. The van der Waals surface area contributed by atoms with Crippen LogP contribution in [0.2, 0.25) is 0 Å². The van der Waals surface area contributed by atoms with Crippen molar-refractivity contribution in [2.75, 3.05) is 6.61 Å². The van der Waals surface area contributed by atoms with Gasteiger partial charge >= 0.3 is 5.97 Å². The molecule has 0 aromatic heterocycles. The van der Waals surface area contributed by atoms with Crippen molar-refractivity contribution in [3.05, 3.63) is 65.7 Å². The largest absolute Gasteiger partial charge is 0.482 e. The first-order valence-corrected chi connectivity index (χ1v) is 8.86. The zero-order valence-corrected chi connectivity index (χ0v) is 14.8. The van der Waals surface area contributed by atoms with Gasteiger partial charge in [-0.15, -0.1) is 0 Å². The molecule has 0 radical (unpaired) electrons. The summed E-state index contributed by atoms with van der Waals surface area (Å²) < 4.78 is 10.8. The van der Waals surface area contributed by atoms with Gasteiger partial charge in [0.2, 0.25) is 0 Å². The molecule has 1 aliphatic rings. The molecule has 0 bridgehead atoms. The molecule has 1 N–H and O–H groups in total. The van der Waals surface area contributed by atoms with E-state index in [4.69, 9.17) is 9.47 Å². The van der Waals surface area contributed by atoms with Crippen LogP contribution < -0.4 is 10.1 Å². The minimum absolute atomic E-state index is 0.229. The third-order valence-corrected chi connectivity index (χ3v) is 4.16. The van der Waals surface area contributed by atoms with Gasteiger partial charge in [-0.2, -0.15) is 0 Å². The fourth-order valence-corrected chi connectivity index (χ4v) is 2.57. The number of ether oxygens (including phenoxy) is 2. The summed E-state index contributed by atoms with van der Waals surface area (Å²) in [5.41, 5.74) is 2.16. The number of hydrogen-bond acceptors (Lipinski definition) is 4. The molecule has 0 heterocycles. The molecule has 5 heteroatoms. The van der Waals surface area contributed by atoms with Gasteiger partial charge in [-0.05, 0) is 37.0 Å². The summed E-state index contributed by atoms with van der Waals surface area (Å²) >= 11 is 0. The molecule has 5 nitrogen and oxygen atoms in total. The van der Waals surface area contributed by atoms with Gasteiger partial charge in [0.05, 0.1) is 0 Å². The quantitative estimate of drug-likeness (QED) is 0.741. The minimum Gasteiger partial charge on any atom is -0.482 e. The molecule has 2 aromatic rings. The van der Waals surface area contributed by atoms with Crippen molar-refractivity contribution in [1.29, 1.82) is 0 Å². The molecule has 1 fully saturated rings. The number of amides is 1. The molecule has 1 aliphatic carbocycles. The van der Waals surface area contributed by atoms with Crippen LogP contribution in [-0.2, 0) is 20.7 Å². The van der Waals surface area contributed by atoms with Gasteiger partial charge in [-0.25, -0.2) is 4.79 Å². The maximum absolute atomic E-state index is 12.0. The number of carbonyl (C=O) groups excluding carboxylic acids is 2. The summed E-state index contributed by atoms with van der Waals surface area (Å²) in [4.78, 5) is 23.8. The van der Waals surface area contributed by atoms with E-state index in [1.807, 2.05) is 54.6 Å². The maximum Gasteiger partial charge on any atom is 0.344 e. The SMILES string of the molecule is C[C@@H](OC(=O)COc1ccccc1Cc1ccccc1)C(=O)NC1CC1. The highest BCUT2D eigenvalue weighted by atomic mass is 16.6. The Hall–Kier alpha value is -2.82. The number of esters is 1. The van der Waals surface area contributed by atoms with Crippen LogP contribution in [0.15, 0.2) is 54.6 Å². The van der Waals surface area contributed by atoms with Crippen molar-refractivity contribution in [2.45, 2.75) is 38.3 Å². The molecule has 0 aliphatic heterocycles. The van der Waals surface area contributed by atoms with Gasteiger partial charge in [0, 0.05) is 12.5 Å². The fraction of sp³-hybridized carbons (Fsp3) is 0.333. The van der Waals surface area contributed by atoms with E-state index in [2.05, 4.69) is 5.32 Å². The molecular formula is C21H23NO4. The Morgan fingerprint density at radius 2 is 1.77 bits per heavy atom. The molecular weight excluding hydrogens is 330 g/mol. The molecule has 2 aromatic carbocycles. The molecule has 3 rings (SSSR count). The Balaban J connectivity index is 1.52.